The Morgan fingerprint density at radius 1 is 0.255 bits per heavy atom. The van der Waals surface area contributed by atoms with Crippen molar-refractivity contribution in [2.45, 2.75) is 0 Å². The van der Waals surface area contributed by atoms with Crippen molar-refractivity contribution < 1.29 is 0 Å². The summed E-state index contributed by atoms with van der Waals surface area (Å²) in [6.07, 6.45) is 0. The van der Waals surface area contributed by atoms with Crippen LogP contribution in [0, 0.1) is 0 Å². The lowest BCUT2D eigenvalue weighted by atomic mass is 9.98. The van der Waals surface area contributed by atoms with Crippen molar-refractivity contribution in [3.63, 3.8) is 0 Å². The van der Waals surface area contributed by atoms with E-state index in [1.807, 2.05) is 12.1 Å². The number of aromatic nitrogens is 4. The van der Waals surface area contributed by atoms with Crippen molar-refractivity contribution in [1.82, 2.24) is 19.5 Å². The van der Waals surface area contributed by atoms with Gasteiger partial charge in [0.15, 0.2) is 17.5 Å². The molecule has 4 heteroatoms. The fourth-order valence-corrected chi connectivity index (χ4v) is 7.54. The lowest BCUT2D eigenvalue weighted by Gasteiger charge is -2.12. The molecule has 0 aliphatic rings. The molecule has 0 fully saturated rings. The van der Waals surface area contributed by atoms with Gasteiger partial charge in [0.1, 0.15) is 0 Å². The Balaban J connectivity index is 1.09. The van der Waals surface area contributed by atoms with Crippen LogP contribution in [0.3, 0.4) is 0 Å². The van der Waals surface area contributed by atoms with E-state index in [9.17, 15) is 0 Å². The smallest absolute Gasteiger partial charge is 0.164 e. The van der Waals surface area contributed by atoms with E-state index in [1.54, 1.807) is 0 Å². The van der Waals surface area contributed by atoms with Gasteiger partial charge in [-0.1, -0.05) is 170 Å². The summed E-state index contributed by atoms with van der Waals surface area (Å²) in [6, 6.07) is 72.2. The minimum absolute atomic E-state index is 0.618. The molecular weight excluding hydrogens is 669 g/mol. The molecule has 0 atom stereocenters. The molecule has 0 spiro atoms. The van der Waals surface area contributed by atoms with Crippen LogP contribution in [0.25, 0.3) is 95.0 Å². The minimum Gasteiger partial charge on any atom is -0.309 e. The van der Waals surface area contributed by atoms with Gasteiger partial charge in [-0.25, -0.2) is 15.0 Å². The van der Waals surface area contributed by atoms with Crippen LogP contribution < -0.4 is 0 Å². The van der Waals surface area contributed by atoms with Gasteiger partial charge in [0.2, 0.25) is 0 Å². The summed E-state index contributed by atoms with van der Waals surface area (Å²) in [4.78, 5) is 15.4. The molecule has 0 amide bonds. The number of rotatable bonds is 7. The standard InChI is InChI=1S/C51H34N4/c1-3-14-35(15-4-1)39-18-11-19-40(32-39)37-28-30-38(31-29-37)49-52-50(42-21-12-20-41(33-42)36-16-5-2-6-17-36)54-51(53-49)43-22-13-23-44(34-43)55-47-26-9-7-24-45(47)46-25-8-10-27-48(46)55/h1-34H. The summed E-state index contributed by atoms with van der Waals surface area (Å²) in [5, 5.41) is 2.45. The summed E-state index contributed by atoms with van der Waals surface area (Å²) in [6.45, 7) is 0. The van der Waals surface area contributed by atoms with Gasteiger partial charge >= 0.3 is 0 Å². The van der Waals surface area contributed by atoms with Gasteiger partial charge in [0, 0.05) is 33.2 Å². The van der Waals surface area contributed by atoms with Crippen LogP contribution in [0.5, 0.6) is 0 Å². The monoisotopic (exact) mass is 702 g/mol. The Morgan fingerprint density at radius 2 is 0.618 bits per heavy atom. The predicted molar refractivity (Wildman–Crippen MR) is 227 cm³/mol. The molecule has 0 saturated heterocycles. The quantitative estimate of drug-likeness (QED) is 0.166. The average molecular weight is 703 g/mol. The molecule has 8 aromatic carbocycles. The number of hydrogen-bond donors (Lipinski definition) is 0. The third kappa shape index (κ3) is 6.16. The fourth-order valence-electron chi connectivity index (χ4n) is 7.54. The van der Waals surface area contributed by atoms with Crippen molar-refractivity contribution >= 4 is 21.8 Å². The topological polar surface area (TPSA) is 43.6 Å². The highest BCUT2D eigenvalue weighted by Gasteiger charge is 2.16. The molecular formula is C51H34N4. The van der Waals surface area contributed by atoms with Crippen LogP contribution in [0.4, 0.5) is 0 Å². The lowest BCUT2D eigenvalue weighted by molar-refractivity contribution is 1.07. The van der Waals surface area contributed by atoms with Gasteiger partial charge in [-0.15, -0.1) is 0 Å². The van der Waals surface area contributed by atoms with Crippen LogP contribution >= 0.6 is 0 Å². The normalized spacial score (nSPS) is 11.3. The second-order valence-electron chi connectivity index (χ2n) is 13.7. The lowest BCUT2D eigenvalue weighted by Crippen LogP contribution is -2.01. The van der Waals surface area contributed by atoms with Gasteiger partial charge in [-0.3, -0.25) is 0 Å². The molecule has 4 nitrogen and oxygen atoms in total. The average Bonchev–Trinajstić information content (AvgIpc) is 3.61. The number of nitrogens with zero attached hydrogens (tertiary/aromatic N) is 4. The third-order valence-corrected chi connectivity index (χ3v) is 10.3. The Hall–Kier alpha value is -7.43. The molecule has 0 N–H and O–H groups in total. The highest BCUT2D eigenvalue weighted by molar-refractivity contribution is 6.09. The third-order valence-electron chi connectivity index (χ3n) is 10.3. The number of hydrogen-bond acceptors (Lipinski definition) is 3. The van der Waals surface area contributed by atoms with Gasteiger partial charge < -0.3 is 4.57 Å². The fraction of sp³-hybridized carbons (Fsp3) is 0. The zero-order valence-corrected chi connectivity index (χ0v) is 29.9. The first kappa shape index (κ1) is 32.2. The zero-order valence-electron chi connectivity index (χ0n) is 29.9. The number of benzene rings is 8. The molecule has 0 bridgehead atoms. The van der Waals surface area contributed by atoms with E-state index in [-0.39, 0.29) is 0 Å². The van der Waals surface area contributed by atoms with E-state index >= 15 is 0 Å². The first-order chi connectivity index (χ1) is 27.2. The molecule has 0 aliphatic carbocycles. The molecule has 2 heterocycles. The SMILES string of the molecule is c1ccc(-c2cccc(-c3ccc(-c4nc(-c5cccc(-c6ccccc6)c5)nc(-c5cccc(-n6c7ccccc7c7ccccc76)c5)n4)cc3)c2)cc1. The van der Waals surface area contributed by atoms with E-state index in [1.165, 1.54) is 21.9 Å². The summed E-state index contributed by atoms with van der Waals surface area (Å²) < 4.78 is 2.33. The second-order valence-corrected chi connectivity index (χ2v) is 13.7. The molecule has 10 aromatic rings. The Kier molecular flexibility index (Phi) is 8.12. The maximum Gasteiger partial charge on any atom is 0.164 e. The van der Waals surface area contributed by atoms with Crippen LogP contribution in [0.1, 0.15) is 0 Å². The highest BCUT2D eigenvalue weighted by Crippen LogP contribution is 2.34. The van der Waals surface area contributed by atoms with E-state index < -0.39 is 0 Å². The molecule has 0 radical (unpaired) electrons. The first-order valence-corrected chi connectivity index (χ1v) is 18.5. The van der Waals surface area contributed by atoms with E-state index in [4.69, 9.17) is 15.0 Å². The largest absolute Gasteiger partial charge is 0.309 e. The van der Waals surface area contributed by atoms with Gasteiger partial charge in [0.25, 0.3) is 0 Å². The molecule has 0 aliphatic heterocycles. The van der Waals surface area contributed by atoms with Crippen LogP contribution in [-0.4, -0.2) is 19.5 Å². The number of fused-ring (bicyclic) bond motifs is 3. The Bertz CT molecular complexity index is 2910. The summed E-state index contributed by atoms with van der Waals surface area (Å²) in [5.41, 5.74) is 13.1. The van der Waals surface area contributed by atoms with Gasteiger partial charge in [-0.05, 0) is 69.8 Å². The number of para-hydroxylation sites is 2. The molecule has 10 rings (SSSR count). The molecule has 0 saturated carbocycles. The Labute approximate surface area is 319 Å². The van der Waals surface area contributed by atoms with E-state index in [0.717, 1.165) is 55.7 Å². The Morgan fingerprint density at radius 3 is 1.16 bits per heavy atom. The van der Waals surface area contributed by atoms with Crippen molar-refractivity contribution in [2.24, 2.45) is 0 Å². The van der Waals surface area contributed by atoms with Gasteiger partial charge in [-0.2, -0.15) is 0 Å². The zero-order chi connectivity index (χ0) is 36.6. The summed E-state index contributed by atoms with van der Waals surface area (Å²) >= 11 is 0. The van der Waals surface area contributed by atoms with E-state index in [2.05, 4.69) is 199 Å². The maximum atomic E-state index is 5.15. The molecule has 2 aromatic heterocycles. The van der Waals surface area contributed by atoms with E-state index in [0.29, 0.717) is 17.5 Å². The highest BCUT2D eigenvalue weighted by atomic mass is 15.0. The van der Waals surface area contributed by atoms with Crippen molar-refractivity contribution in [3.05, 3.63) is 206 Å². The van der Waals surface area contributed by atoms with Crippen molar-refractivity contribution in [2.75, 3.05) is 0 Å². The van der Waals surface area contributed by atoms with Crippen LogP contribution in [0.15, 0.2) is 206 Å². The maximum absolute atomic E-state index is 5.15. The van der Waals surface area contributed by atoms with Crippen LogP contribution in [0.2, 0.25) is 0 Å². The van der Waals surface area contributed by atoms with Crippen LogP contribution in [-0.2, 0) is 0 Å². The first-order valence-electron chi connectivity index (χ1n) is 18.5. The van der Waals surface area contributed by atoms with Crippen molar-refractivity contribution in [1.29, 1.82) is 0 Å². The van der Waals surface area contributed by atoms with Crippen molar-refractivity contribution in [3.8, 4) is 73.2 Å². The molecule has 0 unspecified atom stereocenters. The van der Waals surface area contributed by atoms with Gasteiger partial charge in [0.05, 0.1) is 11.0 Å². The molecule has 258 valence electrons. The molecule has 55 heavy (non-hydrogen) atoms. The predicted octanol–water partition coefficient (Wildman–Crippen LogP) is 13.0. The summed E-state index contributed by atoms with van der Waals surface area (Å²) in [5.74, 6) is 1.86. The summed E-state index contributed by atoms with van der Waals surface area (Å²) in [7, 11) is 0. The minimum atomic E-state index is 0.618. The second kappa shape index (κ2) is 13.8.